The molecule has 0 saturated heterocycles. The van der Waals surface area contributed by atoms with E-state index < -0.39 is 0 Å². The van der Waals surface area contributed by atoms with Crippen LogP contribution in [0.1, 0.15) is 32.1 Å². The van der Waals surface area contributed by atoms with E-state index in [2.05, 4.69) is 18.8 Å². The number of nitrogens with zero attached hydrogens (tertiary/aromatic N) is 1. The summed E-state index contributed by atoms with van der Waals surface area (Å²) in [6.45, 7) is 4.52. The lowest BCUT2D eigenvalue weighted by Gasteiger charge is -1.98. The Morgan fingerprint density at radius 3 is 2.91 bits per heavy atom. The molecule has 0 spiro atoms. The van der Waals surface area contributed by atoms with Crippen LogP contribution in [0.15, 0.2) is 16.9 Å². The second-order valence-electron chi connectivity index (χ2n) is 3.62. The van der Waals surface area contributed by atoms with Gasteiger partial charge in [-0.15, -0.1) is 0 Å². The SMILES string of the molecule is CC(C)[C@@H]1C[C@@H]1c1ncco1. The maximum Gasteiger partial charge on any atom is 0.197 e. The Labute approximate surface area is 66.6 Å². The van der Waals surface area contributed by atoms with Crippen molar-refractivity contribution in [2.24, 2.45) is 11.8 Å². The summed E-state index contributed by atoms with van der Waals surface area (Å²) in [7, 11) is 0. The first-order valence-electron chi connectivity index (χ1n) is 4.18. The molecule has 1 aromatic heterocycles. The van der Waals surface area contributed by atoms with Gasteiger partial charge in [-0.25, -0.2) is 4.98 Å². The normalized spacial score (nSPS) is 29.4. The van der Waals surface area contributed by atoms with Crippen molar-refractivity contribution in [2.75, 3.05) is 0 Å². The van der Waals surface area contributed by atoms with Gasteiger partial charge in [-0.1, -0.05) is 13.8 Å². The van der Waals surface area contributed by atoms with Crippen molar-refractivity contribution in [3.05, 3.63) is 18.4 Å². The molecule has 11 heavy (non-hydrogen) atoms. The summed E-state index contributed by atoms with van der Waals surface area (Å²) in [4.78, 5) is 4.14. The molecule has 2 nitrogen and oxygen atoms in total. The van der Waals surface area contributed by atoms with Gasteiger partial charge in [0.05, 0.1) is 6.20 Å². The zero-order valence-electron chi connectivity index (χ0n) is 6.95. The molecule has 1 aliphatic rings. The number of rotatable bonds is 2. The summed E-state index contributed by atoms with van der Waals surface area (Å²) in [5.74, 6) is 3.13. The van der Waals surface area contributed by atoms with Crippen LogP contribution in [0.4, 0.5) is 0 Å². The first-order chi connectivity index (χ1) is 5.29. The van der Waals surface area contributed by atoms with E-state index in [0.717, 1.165) is 17.7 Å². The molecule has 0 bridgehead atoms. The standard InChI is InChI=1S/C9H13NO/c1-6(2)7-5-8(7)9-10-3-4-11-9/h3-4,6-8H,5H2,1-2H3/t7-,8-/m0/s1. The van der Waals surface area contributed by atoms with E-state index >= 15 is 0 Å². The summed E-state index contributed by atoms with van der Waals surface area (Å²) in [6.07, 6.45) is 4.65. The van der Waals surface area contributed by atoms with E-state index in [4.69, 9.17) is 4.42 Å². The monoisotopic (exact) mass is 151 g/mol. The molecule has 0 aromatic carbocycles. The molecular formula is C9H13NO. The molecule has 0 radical (unpaired) electrons. The van der Waals surface area contributed by atoms with Gasteiger partial charge in [0.2, 0.25) is 0 Å². The largest absolute Gasteiger partial charge is 0.449 e. The molecule has 1 fully saturated rings. The van der Waals surface area contributed by atoms with Crippen LogP contribution in [0.5, 0.6) is 0 Å². The minimum absolute atomic E-state index is 0.616. The Balaban J connectivity index is 2.02. The molecule has 0 amide bonds. The van der Waals surface area contributed by atoms with Gasteiger partial charge < -0.3 is 4.42 Å². The van der Waals surface area contributed by atoms with Crippen molar-refractivity contribution in [2.45, 2.75) is 26.2 Å². The van der Waals surface area contributed by atoms with Crippen molar-refractivity contribution >= 4 is 0 Å². The van der Waals surface area contributed by atoms with Gasteiger partial charge in [0.15, 0.2) is 5.89 Å². The zero-order valence-corrected chi connectivity index (χ0v) is 6.95. The summed E-state index contributed by atoms with van der Waals surface area (Å²) in [6, 6.07) is 0. The Morgan fingerprint density at radius 1 is 1.64 bits per heavy atom. The minimum Gasteiger partial charge on any atom is -0.449 e. The molecule has 0 unspecified atom stereocenters. The summed E-state index contributed by atoms with van der Waals surface area (Å²) < 4.78 is 5.23. The molecule has 60 valence electrons. The minimum atomic E-state index is 0.616. The third-order valence-electron chi connectivity index (χ3n) is 2.46. The molecule has 1 aromatic rings. The highest BCUT2D eigenvalue weighted by Gasteiger charge is 2.43. The third kappa shape index (κ3) is 1.17. The van der Waals surface area contributed by atoms with Crippen LogP contribution in [0.3, 0.4) is 0 Å². The van der Waals surface area contributed by atoms with E-state index in [1.807, 2.05) is 0 Å². The van der Waals surface area contributed by atoms with Crippen molar-refractivity contribution < 1.29 is 4.42 Å². The zero-order chi connectivity index (χ0) is 7.84. The molecular weight excluding hydrogens is 138 g/mol. The average molecular weight is 151 g/mol. The lowest BCUT2D eigenvalue weighted by molar-refractivity contribution is 0.464. The number of oxazole rings is 1. The summed E-state index contributed by atoms with van der Waals surface area (Å²) >= 11 is 0. The van der Waals surface area contributed by atoms with Crippen LogP contribution in [0.25, 0.3) is 0 Å². The number of aromatic nitrogens is 1. The Morgan fingerprint density at radius 2 is 2.45 bits per heavy atom. The van der Waals surface area contributed by atoms with Crippen LogP contribution >= 0.6 is 0 Å². The highest BCUT2D eigenvalue weighted by Crippen LogP contribution is 2.50. The van der Waals surface area contributed by atoms with Crippen LogP contribution in [0.2, 0.25) is 0 Å². The highest BCUT2D eigenvalue weighted by molar-refractivity contribution is 5.07. The second-order valence-corrected chi connectivity index (χ2v) is 3.62. The van der Waals surface area contributed by atoms with E-state index in [-0.39, 0.29) is 0 Å². The fraction of sp³-hybridized carbons (Fsp3) is 0.667. The highest BCUT2D eigenvalue weighted by atomic mass is 16.3. The van der Waals surface area contributed by atoms with Crippen LogP contribution in [-0.2, 0) is 0 Å². The predicted octanol–water partition coefficient (Wildman–Crippen LogP) is 2.43. The van der Waals surface area contributed by atoms with Crippen LogP contribution in [0, 0.1) is 11.8 Å². The second kappa shape index (κ2) is 2.36. The van der Waals surface area contributed by atoms with Gasteiger partial charge in [-0.3, -0.25) is 0 Å². The van der Waals surface area contributed by atoms with Crippen LogP contribution < -0.4 is 0 Å². The van der Waals surface area contributed by atoms with E-state index in [1.54, 1.807) is 12.5 Å². The lowest BCUT2D eigenvalue weighted by Crippen LogP contribution is -1.91. The smallest absolute Gasteiger partial charge is 0.197 e. The third-order valence-corrected chi connectivity index (χ3v) is 2.46. The number of hydrogen-bond acceptors (Lipinski definition) is 2. The first kappa shape index (κ1) is 6.89. The molecule has 0 N–H and O–H groups in total. The van der Waals surface area contributed by atoms with Crippen molar-refractivity contribution in [3.8, 4) is 0 Å². The van der Waals surface area contributed by atoms with Crippen molar-refractivity contribution in [1.29, 1.82) is 0 Å². The Hall–Kier alpha value is -0.790. The molecule has 2 heteroatoms. The molecule has 2 rings (SSSR count). The summed E-state index contributed by atoms with van der Waals surface area (Å²) in [5.41, 5.74) is 0. The van der Waals surface area contributed by atoms with Gasteiger partial charge in [-0.05, 0) is 18.3 Å². The first-order valence-corrected chi connectivity index (χ1v) is 4.18. The van der Waals surface area contributed by atoms with Gasteiger partial charge in [-0.2, -0.15) is 0 Å². The van der Waals surface area contributed by atoms with Crippen molar-refractivity contribution in [1.82, 2.24) is 4.98 Å². The average Bonchev–Trinajstić information content (AvgIpc) is 2.60. The van der Waals surface area contributed by atoms with Gasteiger partial charge >= 0.3 is 0 Å². The topological polar surface area (TPSA) is 26.0 Å². The molecule has 2 atom stereocenters. The van der Waals surface area contributed by atoms with E-state index in [9.17, 15) is 0 Å². The maximum absolute atomic E-state index is 5.23. The van der Waals surface area contributed by atoms with E-state index in [1.165, 1.54) is 6.42 Å². The molecule has 1 saturated carbocycles. The number of hydrogen-bond donors (Lipinski definition) is 0. The Bertz CT molecular complexity index is 228. The predicted molar refractivity (Wildman–Crippen MR) is 42.2 cm³/mol. The van der Waals surface area contributed by atoms with Gasteiger partial charge in [0.1, 0.15) is 6.26 Å². The lowest BCUT2D eigenvalue weighted by atomic mass is 10.1. The van der Waals surface area contributed by atoms with Gasteiger partial charge in [0, 0.05) is 5.92 Å². The van der Waals surface area contributed by atoms with Crippen LogP contribution in [-0.4, -0.2) is 4.98 Å². The Kier molecular flexibility index (Phi) is 1.48. The van der Waals surface area contributed by atoms with Gasteiger partial charge in [0.25, 0.3) is 0 Å². The van der Waals surface area contributed by atoms with E-state index in [0.29, 0.717) is 5.92 Å². The fourth-order valence-electron chi connectivity index (χ4n) is 1.65. The molecule has 1 aliphatic carbocycles. The quantitative estimate of drug-likeness (QED) is 0.648. The maximum atomic E-state index is 5.23. The summed E-state index contributed by atoms with van der Waals surface area (Å²) in [5, 5.41) is 0. The molecule has 0 aliphatic heterocycles. The van der Waals surface area contributed by atoms with Crippen molar-refractivity contribution in [3.63, 3.8) is 0 Å². The molecule has 1 heterocycles. The fourth-order valence-corrected chi connectivity index (χ4v) is 1.65.